The number of rotatable bonds is 4. The maximum absolute atomic E-state index is 10.2. The van der Waals surface area contributed by atoms with Crippen LogP contribution >= 0.6 is 0 Å². The molecule has 7 heteroatoms. The Kier molecular flexibility index (Phi) is 4.69. The first-order chi connectivity index (χ1) is 4.92. The van der Waals surface area contributed by atoms with Gasteiger partial charge >= 0.3 is 5.11 Å². The minimum absolute atomic E-state index is 0.209. The van der Waals surface area contributed by atoms with E-state index in [1.165, 1.54) is 11.4 Å². The summed E-state index contributed by atoms with van der Waals surface area (Å²) >= 11 is 1.17. The van der Waals surface area contributed by atoms with Gasteiger partial charge in [-0.05, 0) is 0 Å². The number of hydrogen-bond acceptors (Lipinski definition) is 2. The van der Waals surface area contributed by atoms with Gasteiger partial charge in [0.2, 0.25) is 11.4 Å². The molecule has 0 heterocycles. The Labute approximate surface area is 69.5 Å². The van der Waals surface area contributed by atoms with Crippen molar-refractivity contribution in [3.05, 3.63) is 0 Å². The fourth-order valence-corrected chi connectivity index (χ4v) is 1.65. The summed E-state index contributed by atoms with van der Waals surface area (Å²) in [6, 6.07) is 0. The average Bonchev–Trinajstić information content (AvgIpc) is 1.78. The fourth-order valence-electron chi connectivity index (χ4n) is 0.431. The van der Waals surface area contributed by atoms with E-state index in [2.05, 4.69) is 0 Å². The number of hydrogen-bond donors (Lipinski definition) is 3. The smallest absolute Gasteiger partial charge is 0.286 e. The highest BCUT2D eigenvalue weighted by atomic mass is 32.2. The molecule has 0 spiro atoms. The van der Waals surface area contributed by atoms with Gasteiger partial charge in [0, 0.05) is 6.42 Å². The van der Waals surface area contributed by atoms with E-state index in [0.29, 0.717) is 12.2 Å². The van der Waals surface area contributed by atoms with Gasteiger partial charge in [-0.2, -0.15) is 8.42 Å². The first-order valence-electron chi connectivity index (χ1n) is 2.87. The summed E-state index contributed by atoms with van der Waals surface area (Å²) < 4.78 is 28.6. The molecule has 0 aliphatic heterocycles. The molecule has 0 unspecified atom stereocenters. The van der Waals surface area contributed by atoms with E-state index in [9.17, 15) is 8.42 Å². The van der Waals surface area contributed by atoms with Crippen LogP contribution in [0.5, 0.6) is 0 Å². The Balaban J connectivity index is 3.53. The summed E-state index contributed by atoms with van der Waals surface area (Å²) in [5.41, 5.74) is 10.2. The molecule has 5 nitrogen and oxygen atoms in total. The summed E-state index contributed by atoms with van der Waals surface area (Å²) in [5, 5.41) is 0.209. The highest BCUT2D eigenvalue weighted by Crippen LogP contribution is 1.86. The van der Waals surface area contributed by atoms with Crippen LogP contribution in [0.3, 0.4) is 0 Å². The molecule has 5 N–H and O–H groups in total. The molecule has 0 aromatic rings. The van der Waals surface area contributed by atoms with Gasteiger partial charge in [0.15, 0.2) is 5.75 Å². The summed E-state index contributed by atoms with van der Waals surface area (Å²) in [6.45, 7) is 0. The summed E-state index contributed by atoms with van der Waals surface area (Å²) in [5.74, 6) is 0.259. The van der Waals surface area contributed by atoms with E-state index in [4.69, 9.17) is 16.0 Å². The number of nitrogens with two attached hydrogens (primary N) is 2. The van der Waals surface area contributed by atoms with Crippen LogP contribution < -0.4 is 11.5 Å². The normalized spacial score (nSPS) is 11.2. The second kappa shape index (κ2) is 4.73. The zero-order chi connectivity index (χ0) is 8.91. The van der Waals surface area contributed by atoms with E-state index in [1.54, 1.807) is 0 Å². The SMILES string of the molecule is NC(N)=[S+]CCCS(=O)(=O)O. The molecule has 66 valence electrons. The Bertz CT molecular complexity index is 230. The predicted octanol–water partition coefficient (Wildman–Crippen LogP) is -1.65. The minimum Gasteiger partial charge on any atom is -0.286 e. The monoisotopic (exact) mass is 199 g/mol. The minimum atomic E-state index is -3.83. The van der Waals surface area contributed by atoms with Crippen molar-refractivity contribution < 1.29 is 13.0 Å². The second-order valence-electron chi connectivity index (χ2n) is 1.89. The molecule has 0 atom stereocenters. The van der Waals surface area contributed by atoms with Crippen LogP contribution in [0, 0.1) is 0 Å². The Morgan fingerprint density at radius 3 is 2.36 bits per heavy atom. The van der Waals surface area contributed by atoms with Gasteiger partial charge in [-0.25, -0.2) is 11.5 Å². The van der Waals surface area contributed by atoms with Gasteiger partial charge < -0.3 is 0 Å². The quantitative estimate of drug-likeness (QED) is 0.218. The van der Waals surface area contributed by atoms with Crippen LogP contribution in [0.2, 0.25) is 0 Å². The molecule has 0 rings (SSSR count). The lowest BCUT2D eigenvalue weighted by atomic mass is 10.6. The molecule has 0 radical (unpaired) electrons. The van der Waals surface area contributed by atoms with Gasteiger partial charge in [0.25, 0.3) is 10.1 Å². The molecule has 0 saturated heterocycles. The molecule has 0 aliphatic rings. The third-order valence-corrected chi connectivity index (χ3v) is 2.45. The third kappa shape index (κ3) is 9.92. The molecule has 0 fully saturated rings. The van der Waals surface area contributed by atoms with Crippen molar-refractivity contribution in [1.29, 1.82) is 0 Å². The van der Waals surface area contributed by atoms with Crippen LogP contribution in [-0.4, -0.2) is 29.6 Å². The van der Waals surface area contributed by atoms with E-state index in [0.717, 1.165) is 0 Å². The third-order valence-electron chi connectivity index (χ3n) is 0.815. The van der Waals surface area contributed by atoms with Gasteiger partial charge in [0.1, 0.15) is 0 Å². The van der Waals surface area contributed by atoms with Crippen molar-refractivity contribution in [3.63, 3.8) is 0 Å². The van der Waals surface area contributed by atoms with Crippen molar-refractivity contribution in [2.24, 2.45) is 11.5 Å². The first kappa shape index (κ1) is 10.9. The Hall–Kier alpha value is -0.0800. The molecule has 0 saturated carbocycles. The zero-order valence-electron chi connectivity index (χ0n) is 5.86. The van der Waals surface area contributed by atoms with Crippen LogP contribution in [0.1, 0.15) is 6.42 Å². The molecular weight excluding hydrogens is 188 g/mol. The highest BCUT2D eigenvalue weighted by Gasteiger charge is 2.06. The van der Waals surface area contributed by atoms with E-state index < -0.39 is 10.1 Å². The second-order valence-corrected chi connectivity index (χ2v) is 4.63. The van der Waals surface area contributed by atoms with Crippen LogP contribution in [0.4, 0.5) is 0 Å². The molecule has 0 bridgehead atoms. The van der Waals surface area contributed by atoms with Crippen molar-refractivity contribution in [2.45, 2.75) is 6.42 Å². The van der Waals surface area contributed by atoms with Crippen LogP contribution in [-0.2, 0) is 21.5 Å². The van der Waals surface area contributed by atoms with E-state index in [-0.39, 0.29) is 10.9 Å². The van der Waals surface area contributed by atoms with Crippen molar-refractivity contribution >= 4 is 26.6 Å². The summed E-state index contributed by atoms with van der Waals surface area (Å²) in [4.78, 5) is 0. The maximum atomic E-state index is 10.2. The Morgan fingerprint density at radius 2 is 2.00 bits per heavy atom. The van der Waals surface area contributed by atoms with E-state index in [1.807, 2.05) is 0 Å². The largest absolute Gasteiger partial charge is 0.314 e. The van der Waals surface area contributed by atoms with Crippen LogP contribution in [0.25, 0.3) is 0 Å². The summed E-state index contributed by atoms with van der Waals surface area (Å²) in [7, 11) is -3.83. The molecule has 11 heavy (non-hydrogen) atoms. The topological polar surface area (TPSA) is 106 Å². The van der Waals surface area contributed by atoms with Crippen molar-refractivity contribution in [3.8, 4) is 0 Å². The van der Waals surface area contributed by atoms with Crippen LogP contribution in [0.15, 0.2) is 0 Å². The molecule has 0 amide bonds. The van der Waals surface area contributed by atoms with Crippen molar-refractivity contribution in [2.75, 3.05) is 11.5 Å². The van der Waals surface area contributed by atoms with Gasteiger partial charge in [0.05, 0.1) is 5.75 Å². The fraction of sp³-hybridized carbons (Fsp3) is 0.750. The molecule has 0 aromatic heterocycles. The molecular formula is C4H11N2O3S2+. The highest BCUT2D eigenvalue weighted by molar-refractivity contribution is 7.85. The lowest BCUT2D eigenvalue weighted by molar-refractivity contribution is 0.482. The average molecular weight is 199 g/mol. The van der Waals surface area contributed by atoms with Gasteiger partial charge in [-0.15, -0.1) is 0 Å². The molecule has 0 aliphatic carbocycles. The van der Waals surface area contributed by atoms with Gasteiger partial charge in [-0.1, -0.05) is 0 Å². The predicted molar refractivity (Wildman–Crippen MR) is 46.6 cm³/mol. The summed E-state index contributed by atoms with van der Waals surface area (Å²) in [6.07, 6.45) is 0.349. The Morgan fingerprint density at radius 1 is 1.45 bits per heavy atom. The van der Waals surface area contributed by atoms with E-state index >= 15 is 0 Å². The lowest BCUT2D eigenvalue weighted by Gasteiger charge is -1.87. The van der Waals surface area contributed by atoms with Gasteiger partial charge in [-0.3, -0.25) is 4.55 Å². The maximum Gasteiger partial charge on any atom is 0.314 e. The molecule has 0 aromatic carbocycles. The van der Waals surface area contributed by atoms with Crippen molar-refractivity contribution in [1.82, 2.24) is 0 Å². The lowest BCUT2D eigenvalue weighted by Crippen LogP contribution is -2.24. The first-order valence-corrected chi connectivity index (χ1v) is 5.47. The zero-order valence-corrected chi connectivity index (χ0v) is 7.49. The standard InChI is InChI=1S/C4H10N2O3S2/c5-4(6)10-2-1-3-11(7,8)9/h1-3,5-6H2/p+1.